The van der Waals surface area contributed by atoms with Crippen molar-refractivity contribution in [3.05, 3.63) is 86.3 Å². The number of hydrazone groups is 1. The number of piperidine rings is 1. The van der Waals surface area contributed by atoms with Crippen LogP contribution in [-0.2, 0) is 6.42 Å². The van der Waals surface area contributed by atoms with Crippen molar-refractivity contribution in [3.63, 3.8) is 0 Å². The van der Waals surface area contributed by atoms with E-state index >= 15 is 0 Å². The van der Waals surface area contributed by atoms with Gasteiger partial charge in [0.15, 0.2) is 0 Å². The molecule has 1 aliphatic rings. The molecule has 1 aromatic carbocycles. The van der Waals surface area contributed by atoms with Gasteiger partial charge in [0, 0.05) is 18.9 Å². The third-order valence-electron chi connectivity index (χ3n) is 5.60. The van der Waals surface area contributed by atoms with Crippen molar-refractivity contribution in [3.8, 4) is 11.6 Å². The minimum Gasteiger partial charge on any atom is -0.493 e. The number of aryl methyl sites for hydroxylation is 1. The smallest absolute Gasteiger partial charge is 0.335 e. The molecule has 2 aromatic heterocycles. The number of hydrogen-bond donors (Lipinski definition) is 2. The Balaban J connectivity index is 1.70. The van der Waals surface area contributed by atoms with E-state index in [-0.39, 0.29) is 11.6 Å². The predicted molar refractivity (Wildman–Crippen MR) is 119 cm³/mol. The Bertz CT molecular complexity index is 1180. The SMILES string of the molecule is CCc1ccc(-n2c(O)c(/C=N/N3CCCC[C@H]3c3cccnc3)c(=O)[nH]c2=O)cc1. The molecular weight excluding hydrogens is 394 g/mol. The van der Waals surface area contributed by atoms with E-state index in [0.29, 0.717) is 5.69 Å². The van der Waals surface area contributed by atoms with Crippen LogP contribution in [0.4, 0.5) is 0 Å². The molecule has 0 saturated carbocycles. The van der Waals surface area contributed by atoms with Crippen molar-refractivity contribution in [2.24, 2.45) is 5.10 Å². The fourth-order valence-corrected chi connectivity index (χ4v) is 3.87. The number of nitrogens with zero attached hydrogens (tertiary/aromatic N) is 4. The Morgan fingerprint density at radius 2 is 2.03 bits per heavy atom. The van der Waals surface area contributed by atoms with E-state index in [1.807, 2.05) is 42.4 Å². The predicted octanol–water partition coefficient (Wildman–Crippen LogP) is 2.75. The van der Waals surface area contributed by atoms with Crippen molar-refractivity contribution in [2.45, 2.75) is 38.6 Å². The second kappa shape index (κ2) is 8.99. The van der Waals surface area contributed by atoms with E-state index in [1.54, 1.807) is 18.3 Å². The molecule has 0 amide bonds. The molecule has 1 atom stereocenters. The maximum atomic E-state index is 12.4. The normalized spacial score (nSPS) is 16.7. The first kappa shape index (κ1) is 20.6. The van der Waals surface area contributed by atoms with Crippen LogP contribution < -0.4 is 11.2 Å². The van der Waals surface area contributed by atoms with E-state index in [1.165, 1.54) is 6.21 Å². The Morgan fingerprint density at radius 1 is 1.23 bits per heavy atom. The lowest BCUT2D eigenvalue weighted by atomic mass is 9.98. The minimum absolute atomic E-state index is 0.0485. The maximum Gasteiger partial charge on any atom is 0.335 e. The molecule has 8 heteroatoms. The highest BCUT2D eigenvalue weighted by molar-refractivity contribution is 5.82. The summed E-state index contributed by atoms with van der Waals surface area (Å²) in [7, 11) is 0. The van der Waals surface area contributed by atoms with E-state index in [4.69, 9.17) is 0 Å². The fourth-order valence-electron chi connectivity index (χ4n) is 3.87. The number of aromatic nitrogens is 3. The number of nitrogens with one attached hydrogen (secondary N) is 1. The summed E-state index contributed by atoms with van der Waals surface area (Å²) >= 11 is 0. The molecule has 1 saturated heterocycles. The van der Waals surface area contributed by atoms with E-state index in [0.717, 1.165) is 47.9 Å². The molecule has 3 heterocycles. The minimum atomic E-state index is -0.699. The quantitative estimate of drug-likeness (QED) is 0.619. The zero-order valence-corrected chi connectivity index (χ0v) is 17.4. The molecule has 0 unspecified atom stereocenters. The van der Waals surface area contributed by atoms with Crippen LogP contribution in [0.2, 0.25) is 0 Å². The van der Waals surface area contributed by atoms with Crippen molar-refractivity contribution in [2.75, 3.05) is 6.54 Å². The highest BCUT2D eigenvalue weighted by atomic mass is 16.3. The Kier molecular flexibility index (Phi) is 5.97. The molecule has 0 bridgehead atoms. The first-order valence-electron chi connectivity index (χ1n) is 10.5. The molecule has 1 fully saturated rings. The summed E-state index contributed by atoms with van der Waals surface area (Å²) in [4.78, 5) is 31.3. The molecule has 2 N–H and O–H groups in total. The standard InChI is InChI=1S/C23H25N5O3/c1-2-16-8-10-18(11-9-16)28-22(30)19(21(29)26-23(28)31)15-25-27-13-4-3-7-20(27)17-6-5-12-24-14-17/h5-6,8-12,14-15,20,30H,2-4,7,13H2,1H3,(H,26,29,31)/b25-15+/t20-/m0/s1. The van der Waals surface area contributed by atoms with Gasteiger partial charge in [-0.15, -0.1) is 0 Å². The zero-order valence-electron chi connectivity index (χ0n) is 17.4. The average molecular weight is 419 g/mol. The molecular formula is C23H25N5O3. The monoisotopic (exact) mass is 419 g/mol. The fraction of sp³-hybridized carbons (Fsp3) is 0.304. The number of aromatic hydroxyl groups is 1. The van der Waals surface area contributed by atoms with Gasteiger partial charge >= 0.3 is 5.69 Å². The van der Waals surface area contributed by atoms with Gasteiger partial charge in [-0.2, -0.15) is 5.10 Å². The second-order valence-electron chi connectivity index (χ2n) is 7.56. The van der Waals surface area contributed by atoms with Crippen molar-refractivity contribution >= 4 is 6.21 Å². The first-order valence-corrected chi connectivity index (χ1v) is 10.5. The van der Waals surface area contributed by atoms with Crippen LogP contribution >= 0.6 is 0 Å². The molecule has 8 nitrogen and oxygen atoms in total. The molecule has 0 spiro atoms. The largest absolute Gasteiger partial charge is 0.493 e. The summed E-state index contributed by atoms with van der Waals surface area (Å²) in [6.45, 7) is 2.76. The van der Waals surface area contributed by atoms with Crippen LogP contribution in [0.5, 0.6) is 5.88 Å². The number of benzene rings is 1. The molecule has 3 aromatic rings. The molecule has 160 valence electrons. The Labute approximate surface area is 179 Å². The van der Waals surface area contributed by atoms with Crippen molar-refractivity contribution in [1.82, 2.24) is 19.5 Å². The molecule has 31 heavy (non-hydrogen) atoms. The number of pyridine rings is 1. The van der Waals surface area contributed by atoms with Crippen LogP contribution in [0.3, 0.4) is 0 Å². The van der Waals surface area contributed by atoms with Crippen molar-refractivity contribution < 1.29 is 5.11 Å². The third kappa shape index (κ3) is 4.28. The third-order valence-corrected chi connectivity index (χ3v) is 5.60. The van der Waals surface area contributed by atoms with Gasteiger partial charge in [0.1, 0.15) is 5.56 Å². The number of hydrogen-bond acceptors (Lipinski definition) is 6. The summed E-state index contributed by atoms with van der Waals surface area (Å²) in [5, 5.41) is 17.2. The highest BCUT2D eigenvalue weighted by Gasteiger charge is 2.23. The van der Waals surface area contributed by atoms with Gasteiger partial charge in [0.2, 0.25) is 5.88 Å². The highest BCUT2D eigenvalue weighted by Crippen LogP contribution is 2.30. The van der Waals surface area contributed by atoms with Gasteiger partial charge in [-0.25, -0.2) is 9.36 Å². The second-order valence-corrected chi connectivity index (χ2v) is 7.56. The summed E-state index contributed by atoms with van der Waals surface area (Å²) in [5.41, 5.74) is 1.19. The van der Waals surface area contributed by atoms with Gasteiger partial charge in [0.05, 0.1) is 17.9 Å². The molecule has 0 aliphatic carbocycles. The van der Waals surface area contributed by atoms with Gasteiger partial charge in [-0.3, -0.25) is 19.8 Å². The van der Waals surface area contributed by atoms with Crippen LogP contribution in [0.1, 0.15) is 48.9 Å². The summed E-state index contributed by atoms with van der Waals surface area (Å²) in [5.74, 6) is -0.434. The van der Waals surface area contributed by atoms with E-state index < -0.39 is 17.1 Å². The summed E-state index contributed by atoms with van der Waals surface area (Å²) < 4.78 is 1.08. The van der Waals surface area contributed by atoms with E-state index in [9.17, 15) is 14.7 Å². The summed E-state index contributed by atoms with van der Waals surface area (Å²) in [6, 6.07) is 11.2. The van der Waals surface area contributed by atoms with Gasteiger partial charge in [-0.1, -0.05) is 25.1 Å². The van der Waals surface area contributed by atoms with Gasteiger partial charge < -0.3 is 5.11 Å². The average Bonchev–Trinajstić information content (AvgIpc) is 2.80. The number of aromatic amines is 1. The van der Waals surface area contributed by atoms with E-state index in [2.05, 4.69) is 15.1 Å². The van der Waals surface area contributed by atoms with Gasteiger partial charge in [-0.05, 0) is 55.0 Å². The summed E-state index contributed by atoms with van der Waals surface area (Å²) in [6.07, 6.45) is 8.74. The van der Waals surface area contributed by atoms with Crippen LogP contribution in [-0.4, -0.2) is 37.4 Å². The number of H-pyrrole nitrogens is 1. The van der Waals surface area contributed by atoms with Crippen molar-refractivity contribution in [1.29, 1.82) is 0 Å². The van der Waals surface area contributed by atoms with Crippen LogP contribution in [0.15, 0.2) is 63.5 Å². The maximum absolute atomic E-state index is 12.4. The lowest BCUT2D eigenvalue weighted by Gasteiger charge is -2.33. The topological polar surface area (TPSA) is 104 Å². The lowest BCUT2D eigenvalue weighted by molar-refractivity contribution is 0.156. The Hall–Kier alpha value is -3.68. The number of rotatable bonds is 5. The Morgan fingerprint density at radius 3 is 2.74 bits per heavy atom. The van der Waals surface area contributed by atoms with Crippen LogP contribution in [0, 0.1) is 0 Å². The zero-order chi connectivity index (χ0) is 21.8. The van der Waals surface area contributed by atoms with Gasteiger partial charge in [0.25, 0.3) is 5.56 Å². The molecule has 1 aliphatic heterocycles. The first-order chi connectivity index (χ1) is 15.1. The molecule has 0 radical (unpaired) electrons. The molecule has 4 rings (SSSR count). The van der Waals surface area contributed by atoms with Crippen LogP contribution in [0.25, 0.3) is 5.69 Å². The lowest BCUT2D eigenvalue weighted by Crippen LogP contribution is -2.32.